The van der Waals surface area contributed by atoms with E-state index in [-0.39, 0.29) is 5.97 Å². The van der Waals surface area contributed by atoms with Gasteiger partial charge in [-0.15, -0.1) is 0 Å². The molecule has 17 heavy (non-hydrogen) atoms. The van der Waals surface area contributed by atoms with Gasteiger partial charge in [-0.1, -0.05) is 30.3 Å². The predicted molar refractivity (Wildman–Crippen MR) is 66.4 cm³/mol. The van der Waals surface area contributed by atoms with E-state index in [1.807, 2.05) is 30.3 Å². The largest absolute Gasteiger partial charge is 0.461 e. The minimum absolute atomic E-state index is 0.0826. The lowest BCUT2D eigenvalue weighted by atomic mass is 10.0. The van der Waals surface area contributed by atoms with Gasteiger partial charge in [-0.25, -0.2) is 0 Å². The van der Waals surface area contributed by atoms with Crippen LogP contribution in [0.5, 0.6) is 0 Å². The van der Waals surface area contributed by atoms with Crippen LogP contribution >= 0.6 is 0 Å². The summed E-state index contributed by atoms with van der Waals surface area (Å²) in [6.45, 7) is 2.53. The molecular weight excluding hydrogens is 214 g/mol. The number of rotatable bonds is 5. The maximum Gasteiger partial charge on any atom is 0.306 e. The van der Waals surface area contributed by atoms with Crippen molar-refractivity contribution in [3.05, 3.63) is 35.9 Å². The molecule has 1 aromatic rings. The van der Waals surface area contributed by atoms with E-state index < -0.39 is 0 Å². The quantitative estimate of drug-likeness (QED) is 0.792. The molecule has 1 atom stereocenters. The minimum atomic E-state index is -0.0826. The van der Waals surface area contributed by atoms with Gasteiger partial charge in [0.2, 0.25) is 0 Å². The first-order valence-electron chi connectivity index (χ1n) is 6.25. The van der Waals surface area contributed by atoms with Gasteiger partial charge in [-0.2, -0.15) is 0 Å². The van der Waals surface area contributed by atoms with Gasteiger partial charge in [0.1, 0.15) is 6.61 Å². The van der Waals surface area contributed by atoms with Gasteiger partial charge in [0.25, 0.3) is 0 Å². The Morgan fingerprint density at radius 3 is 2.88 bits per heavy atom. The number of esters is 1. The molecular formula is C14H19NO2. The van der Waals surface area contributed by atoms with Crippen molar-refractivity contribution >= 4 is 5.97 Å². The third kappa shape index (κ3) is 4.19. The molecule has 1 fully saturated rings. The average Bonchev–Trinajstić information content (AvgIpc) is 2.88. The Bertz CT molecular complexity index is 344. The van der Waals surface area contributed by atoms with Crippen molar-refractivity contribution in [2.24, 2.45) is 5.92 Å². The van der Waals surface area contributed by atoms with Crippen LogP contribution in [-0.2, 0) is 16.1 Å². The molecule has 0 aliphatic carbocycles. The minimum Gasteiger partial charge on any atom is -0.461 e. The first-order chi connectivity index (χ1) is 8.34. The summed E-state index contributed by atoms with van der Waals surface area (Å²) in [6, 6.07) is 9.79. The van der Waals surface area contributed by atoms with E-state index in [1.165, 1.54) is 6.42 Å². The van der Waals surface area contributed by atoms with Crippen molar-refractivity contribution in [3.8, 4) is 0 Å². The monoisotopic (exact) mass is 233 g/mol. The second-order valence-corrected chi connectivity index (χ2v) is 4.54. The highest BCUT2D eigenvalue weighted by Gasteiger charge is 2.16. The van der Waals surface area contributed by atoms with Crippen LogP contribution in [-0.4, -0.2) is 19.1 Å². The molecule has 1 N–H and O–H groups in total. The third-order valence-corrected chi connectivity index (χ3v) is 3.16. The van der Waals surface area contributed by atoms with Gasteiger partial charge in [0.05, 0.1) is 0 Å². The van der Waals surface area contributed by atoms with Crippen LogP contribution in [0.2, 0.25) is 0 Å². The van der Waals surface area contributed by atoms with Crippen LogP contribution < -0.4 is 5.32 Å². The summed E-state index contributed by atoms with van der Waals surface area (Å²) in [5.74, 6) is 0.569. The zero-order chi connectivity index (χ0) is 11.9. The van der Waals surface area contributed by atoms with Crippen LogP contribution in [0.25, 0.3) is 0 Å². The summed E-state index contributed by atoms with van der Waals surface area (Å²) in [6.07, 6.45) is 2.67. The second kappa shape index (κ2) is 6.40. The second-order valence-electron chi connectivity index (χ2n) is 4.54. The Hall–Kier alpha value is -1.35. The van der Waals surface area contributed by atoms with Crippen molar-refractivity contribution in [3.63, 3.8) is 0 Å². The normalized spacial score (nSPS) is 19.2. The lowest BCUT2D eigenvalue weighted by Gasteiger charge is -2.08. The molecule has 0 amide bonds. The fourth-order valence-electron chi connectivity index (χ4n) is 2.09. The fraction of sp³-hybridized carbons (Fsp3) is 0.500. The van der Waals surface area contributed by atoms with Crippen molar-refractivity contribution in [2.75, 3.05) is 13.1 Å². The molecule has 3 heteroatoms. The van der Waals surface area contributed by atoms with Crippen molar-refractivity contribution in [1.29, 1.82) is 0 Å². The molecule has 0 bridgehead atoms. The summed E-state index contributed by atoms with van der Waals surface area (Å²) in [4.78, 5) is 11.5. The van der Waals surface area contributed by atoms with Crippen molar-refractivity contribution in [1.82, 2.24) is 5.32 Å². The topological polar surface area (TPSA) is 38.3 Å². The summed E-state index contributed by atoms with van der Waals surface area (Å²) >= 11 is 0. The zero-order valence-corrected chi connectivity index (χ0v) is 10.0. The predicted octanol–water partition coefficient (Wildman–Crippen LogP) is 2.12. The smallest absolute Gasteiger partial charge is 0.306 e. The number of benzene rings is 1. The molecule has 0 saturated carbocycles. The van der Waals surface area contributed by atoms with Gasteiger partial charge in [0.15, 0.2) is 0 Å². The number of nitrogens with one attached hydrogen (secondary N) is 1. The summed E-state index contributed by atoms with van der Waals surface area (Å²) in [5.41, 5.74) is 1.04. The van der Waals surface area contributed by atoms with E-state index in [0.717, 1.165) is 25.1 Å². The maximum atomic E-state index is 11.5. The number of carbonyl (C=O) groups excluding carboxylic acids is 1. The zero-order valence-electron chi connectivity index (χ0n) is 10.0. The molecule has 1 saturated heterocycles. The van der Waals surface area contributed by atoms with Crippen LogP contribution in [0.4, 0.5) is 0 Å². The van der Waals surface area contributed by atoms with Crippen molar-refractivity contribution < 1.29 is 9.53 Å². The average molecular weight is 233 g/mol. The first-order valence-corrected chi connectivity index (χ1v) is 6.25. The Morgan fingerprint density at radius 2 is 2.18 bits per heavy atom. The number of hydrogen-bond acceptors (Lipinski definition) is 3. The highest BCUT2D eigenvalue weighted by Crippen LogP contribution is 2.14. The molecule has 0 spiro atoms. The molecule has 3 nitrogen and oxygen atoms in total. The van der Waals surface area contributed by atoms with E-state index in [1.54, 1.807) is 0 Å². The highest BCUT2D eigenvalue weighted by atomic mass is 16.5. The molecule has 1 aromatic carbocycles. The van der Waals surface area contributed by atoms with E-state index in [2.05, 4.69) is 5.32 Å². The summed E-state index contributed by atoms with van der Waals surface area (Å²) < 4.78 is 5.23. The molecule has 1 aliphatic heterocycles. The van der Waals surface area contributed by atoms with Gasteiger partial charge >= 0.3 is 5.97 Å². The van der Waals surface area contributed by atoms with Crippen LogP contribution in [0.15, 0.2) is 30.3 Å². The highest BCUT2D eigenvalue weighted by molar-refractivity contribution is 5.69. The number of ether oxygens (including phenoxy) is 1. The molecule has 1 aliphatic rings. The molecule has 92 valence electrons. The summed E-state index contributed by atoms with van der Waals surface area (Å²) in [5, 5.41) is 3.30. The molecule has 1 unspecified atom stereocenters. The molecule has 1 heterocycles. The van der Waals surface area contributed by atoms with Crippen LogP contribution in [0.3, 0.4) is 0 Å². The Morgan fingerprint density at radius 1 is 1.35 bits per heavy atom. The van der Waals surface area contributed by atoms with Crippen LogP contribution in [0, 0.1) is 5.92 Å². The number of hydrogen-bond donors (Lipinski definition) is 1. The lowest BCUT2D eigenvalue weighted by molar-refractivity contribution is -0.145. The van der Waals surface area contributed by atoms with Gasteiger partial charge in [-0.05, 0) is 37.4 Å². The SMILES string of the molecule is O=C(CCC1CCNC1)OCc1ccccc1. The van der Waals surface area contributed by atoms with E-state index in [9.17, 15) is 4.79 Å². The van der Waals surface area contributed by atoms with Crippen molar-refractivity contribution in [2.45, 2.75) is 25.9 Å². The maximum absolute atomic E-state index is 11.5. The first kappa shape index (κ1) is 12.1. The number of carbonyl (C=O) groups is 1. The Labute approximate surface area is 102 Å². The Balaban J connectivity index is 1.64. The molecule has 0 aromatic heterocycles. The van der Waals surface area contributed by atoms with Gasteiger partial charge in [0, 0.05) is 6.42 Å². The summed E-state index contributed by atoms with van der Waals surface area (Å²) in [7, 11) is 0. The van der Waals surface area contributed by atoms with E-state index in [4.69, 9.17) is 4.74 Å². The lowest BCUT2D eigenvalue weighted by Crippen LogP contribution is -2.11. The third-order valence-electron chi connectivity index (χ3n) is 3.16. The van der Waals surface area contributed by atoms with Gasteiger partial charge < -0.3 is 10.1 Å². The standard InChI is InChI=1S/C14H19NO2/c16-14(7-6-12-8-9-15-10-12)17-11-13-4-2-1-3-5-13/h1-5,12,15H,6-11H2. The molecule has 0 radical (unpaired) electrons. The van der Waals surface area contributed by atoms with E-state index in [0.29, 0.717) is 18.9 Å². The van der Waals surface area contributed by atoms with E-state index >= 15 is 0 Å². The Kier molecular flexibility index (Phi) is 4.56. The molecule has 2 rings (SSSR count). The van der Waals surface area contributed by atoms with Gasteiger partial charge in [-0.3, -0.25) is 4.79 Å². The van der Waals surface area contributed by atoms with Crippen LogP contribution in [0.1, 0.15) is 24.8 Å². The fourth-order valence-corrected chi connectivity index (χ4v) is 2.09.